The van der Waals surface area contributed by atoms with Gasteiger partial charge >= 0.3 is 0 Å². The van der Waals surface area contributed by atoms with Gasteiger partial charge in [-0.2, -0.15) is 4.98 Å². The van der Waals surface area contributed by atoms with Gasteiger partial charge in [0.1, 0.15) is 11.3 Å². The first-order chi connectivity index (χ1) is 10.8. The number of para-hydroxylation sites is 2. The van der Waals surface area contributed by atoms with E-state index in [-0.39, 0.29) is 0 Å². The van der Waals surface area contributed by atoms with Gasteiger partial charge in [-0.15, -0.1) is 0 Å². The maximum absolute atomic E-state index is 5.92. The first-order valence-electron chi connectivity index (χ1n) is 7.96. The molecule has 0 aliphatic carbocycles. The number of aryl methyl sites for hydroxylation is 1. The Morgan fingerprint density at radius 2 is 2.23 bits per heavy atom. The van der Waals surface area contributed by atoms with Crippen molar-refractivity contribution in [3.8, 4) is 0 Å². The maximum atomic E-state index is 5.92. The van der Waals surface area contributed by atoms with E-state index in [1.165, 1.54) is 12.2 Å². The van der Waals surface area contributed by atoms with E-state index in [4.69, 9.17) is 4.42 Å². The summed E-state index contributed by atoms with van der Waals surface area (Å²) in [5, 5.41) is 0. The number of aromatic nitrogens is 3. The molecule has 1 atom stereocenters. The summed E-state index contributed by atoms with van der Waals surface area (Å²) in [6.45, 7) is 5.04. The summed E-state index contributed by atoms with van der Waals surface area (Å²) in [5.74, 6) is 1.63. The number of piperidine rings is 1. The summed E-state index contributed by atoms with van der Waals surface area (Å²) < 4.78 is 8.15. The van der Waals surface area contributed by atoms with Crippen molar-refractivity contribution in [1.82, 2.24) is 14.5 Å². The number of anilines is 1. The van der Waals surface area contributed by atoms with Gasteiger partial charge in [0, 0.05) is 37.9 Å². The highest BCUT2D eigenvalue weighted by molar-refractivity contribution is 5.74. The van der Waals surface area contributed by atoms with E-state index in [0.717, 1.165) is 43.2 Å². The van der Waals surface area contributed by atoms with E-state index in [1.54, 1.807) is 0 Å². The molecule has 0 spiro atoms. The van der Waals surface area contributed by atoms with Gasteiger partial charge in [0.05, 0.1) is 0 Å². The average Bonchev–Trinajstić information content (AvgIpc) is 3.21. The second-order valence-electron chi connectivity index (χ2n) is 5.82. The molecule has 1 saturated heterocycles. The molecular formula is C17H20N4O. The zero-order valence-corrected chi connectivity index (χ0v) is 12.8. The number of oxazole rings is 1. The number of hydrogen-bond donors (Lipinski definition) is 0. The van der Waals surface area contributed by atoms with E-state index in [1.807, 2.05) is 30.5 Å². The molecular weight excluding hydrogens is 276 g/mol. The van der Waals surface area contributed by atoms with Crippen LogP contribution in [-0.4, -0.2) is 27.6 Å². The van der Waals surface area contributed by atoms with Crippen LogP contribution in [0.2, 0.25) is 0 Å². The Balaban J connectivity index is 1.60. The van der Waals surface area contributed by atoms with E-state index in [2.05, 4.69) is 32.6 Å². The standard InChI is InChI=1S/C17H20N4O/c1-2-20-11-9-18-16(20)13-6-5-10-21(12-13)17-19-14-7-3-4-8-15(14)22-17/h3-4,7-9,11,13H,2,5-6,10,12H2,1H3/t13-/m1/s1. The molecule has 0 saturated carbocycles. The van der Waals surface area contributed by atoms with Crippen LogP contribution in [0, 0.1) is 0 Å². The molecule has 1 aromatic carbocycles. The molecule has 114 valence electrons. The molecule has 1 aliphatic rings. The molecule has 22 heavy (non-hydrogen) atoms. The second-order valence-corrected chi connectivity index (χ2v) is 5.82. The Morgan fingerprint density at radius 3 is 3.09 bits per heavy atom. The molecule has 0 radical (unpaired) electrons. The minimum Gasteiger partial charge on any atom is -0.423 e. The number of nitrogens with zero attached hydrogens (tertiary/aromatic N) is 4. The predicted octanol–water partition coefficient (Wildman–Crippen LogP) is 3.43. The monoisotopic (exact) mass is 296 g/mol. The third-order valence-electron chi connectivity index (χ3n) is 4.43. The van der Waals surface area contributed by atoms with E-state index < -0.39 is 0 Å². The van der Waals surface area contributed by atoms with Crippen molar-refractivity contribution in [2.24, 2.45) is 0 Å². The molecule has 0 amide bonds. The van der Waals surface area contributed by atoms with E-state index in [0.29, 0.717) is 5.92 Å². The summed E-state index contributed by atoms with van der Waals surface area (Å²) in [6, 6.07) is 8.67. The molecule has 0 bridgehead atoms. The molecule has 1 fully saturated rings. The van der Waals surface area contributed by atoms with Crippen molar-refractivity contribution in [2.75, 3.05) is 18.0 Å². The van der Waals surface area contributed by atoms with Crippen molar-refractivity contribution in [3.63, 3.8) is 0 Å². The summed E-state index contributed by atoms with van der Waals surface area (Å²) in [4.78, 5) is 11.4. The highest BCUT2D eigenvalue weighted by Gasteiger charge is 2.27. The van der Waals surface area contributed by atoms with Crippen molar-refractivity contribution in [1.29, 1.82) is 0 Å². The van der Waals surface area contributed by atoms with Gasteiger partial charge in [-0.25, -0.2) is 4.98 Å². The van der Waals surface area contributed by atoms with Gasteiger partial charge in [-0.3, -0.25) is 0 Å². The van der Waals surface area contributed by atoms with Crippen LogP contribution >= 0.6 is 0 Å². The normalized spacial score (nSPS) is 19.0. The Hall–Kier alpha value is -2.30. The van der Waals surface area contributed by atoms with Crippen LogP contribution in [-0.2, 0) is 6.54 Å². The molecule has 0 N–H and O–H groups in total. The molecule has 3 heterocycles. The molecule has 3 aromatic rings. The fourth-order valence-corrected chi connectivity index (χ4v) is 3.30. The number of fused-ring (bicyclic) bond motifs is 1. The Kier molecular flexibility index (Phi) is 3.33. The molecule has 0 unspecified atom stereocenters. The molecule has 1 aliphatic heterocycles. The van der Waals surface area contributed by atoms with Crippen LogP contribution in [0.3, 0.4) is 0 Å². The SMILES string of the molecule is CCn1ccnc1[C@@H]1CCCN(c2nc3ccccc3o2)C1. The highest BCUT2D eigenvalue weighted by atomic mass is 16.4. The predicted molar refractivity (Wildman–Crippen MR) is 86.1 cm³/mol. The lowest BCUT2D eigenvalue weighted by molar-refractivity contribution is 0.446. The van der Waals surface area contributed by atoms with Gasteiger partial charge < -0.3 is 13.9 Å². The zero-order valence-electron chi connectivity index (χ0n) is 12.8. The quantitative estimate of drug-likeness (QED) is 0.743. The van der Waals surface area contributed by atoms with Gasteiger partial charge in [-0.05, 0) is 31.9 Å². The van der Waals surface area contributed by atoms with Crippen LogP contribution in [0.15, 0.2) is 41.1 Å². The molecule has 5 heteroatoms. The van der Waals surface area contributed by atoms with Crippen molar-refractivity contribution in [2.45, 2.75) is 32.2 Å². The Bertz CT molecular complexity index is 743. The second kappa shape index (κ2) is 5.48. The lowest BCUT2D eigenvalue weighted by Crippen LogP contribution is -2.35. The van der Waals surface area contributed by atoms with Gasteiger partial charge in [0.25, 0.3) is 6.01 Å². The van der Waals surface area contributed by atoms with Crippen LogP contribution in [0.25, 0.3) is 11.1 Å². The smallest absolute Gasteiger partial charge is 0.298 e. The number of hydrogen-bond acceptors (Lipinski definition) is 4. The Morgan fingerprint density at radius 1 is 1.32 bits per heavy atom. The van der Waals surface area contributed by atoms with Gasteiger partial charge in [0.2, 0.25) is 0 Å². The first kappa shape index (κ1) is 13.4. The van der Waals surface area contributed by atoms with Crippen LogP contribution < -0.4 is 4.90 Å². The van der Waals surface area contributed by atoms with Gasteiger partial charge in [0.15, 0.2) is 5.58 Å². The molecule has 4 rings (SSSR count). The minimum absolute atomic E-state index is 0.443. The summed E-state index contributed by atoms with van der Waals surface area (Å²) in [6.07, 6.45) is 6.28. The van der Waals surface area contributed by atoms with Crippen molar-refractivity contribution >= 4 is 17.1 Å². The summed E-state index contributed by atoms with van der Waals surface area (Å²) in [7, 11) is 0. The molecule has 2 aromatic heterocycles. The lowest BCUT2D eigenvalue weighted by atomic mass is 9.97. The largest absolute Gasteiger partial charge is 0.423 e. The average molecular weight is 296 g/mol. The summed E-state index contributed by atoms with van der Waals surface area (Å²) >= 11 is 0. The number of imidazole rings is 1. The zero-order chi connectivity index (χ0) is 14.9. The van der Waals surface area contributed by atoms with Crippen LogP contribution in [0.5, 0.6) is 0 Å². The number of benzene rings is 1. The fourth-order valence-electron chi connectivity index (χ4n) is 3.30. The van der Waals surface area contributed by atoms with E-state index in [9.17, 15) is 0 Å². The summed E-state index contributed by atoms with van der Waals surface area (Å²) in [5.41, 5.74) is 1.78. The minimum atomic E-state index is 0.443. The van der Waals surface area contributed by atoms with E-state index >= 15 is 0 Å². The third-order valence-corrected chi connectivity index (χ3v) is 4.43. The van der Waals surface area contributed by atoms with Crippen LogP contribution in [0.1, 0.15) is 31.5 Å². The highest BCUT2D eigenvalue weighted by Crippen LogP contribution is 2.30. The topological polar surface area (TPSA) is 47.1 Å². The fraction of sp³-hybridized carbons (Fsp3) is 0.412. The Labute approximate surface area is 129 Å². The van der Waals surface area contributed by atoms with Crippen molar-refractivity contribution in [3.05, 3.63) is 42.5 Å². The lowest BCUT2D eigenvalue weighted by Gasteiger charge is -2.31. The first-order valence-corrected chi connectivity index (χ1v) is 7.96. The molecule has 5 nitrogen and oxygen atoms in total. The number of rotatable bonds is 3. The van der Waals surface area contributed by atoms with Crippen molar-refractivity contribution < 1.29 is 4.42 Å². The van der Waals surface area contributed by atoms with Crippen LogP contribution in [0.4, 0.5) is 6.01 Å². The van der Waals surface area contributed by atoms with Gasteiger partial charge in [-0.1, -0.05) is 12.1 Å². The third kappa shape index (κ3) is 2.26. The maximum Gasteiger partial charge on any atom is 0.298 e.